The van der Waals surface area contributed by atoms with Gasteiger partial charge in [0.25, 0.3) is 5.56 Å². The van der Waals surface area contributed by atoms with Crippen LogP contribution in [0.4, 0.5) is 0 Å². The largest absolute Gasteiger partial charge is 0.493 e. The van der Waals surface area contributed by atoms with Crippen LogP contribution in [0, 0.1) is 12.3 Å². The van der Waals surface area contributed by atoms with E-state index in [1.807, 2.05) is 30.3 Å². The number of halogens is 1. The van der Waals surface area contributed by atoms with E-state index in [2.05, 4.69) is 5.92 Å². The Morgan fingerprint density at radius 2 is 1.78 bits per heavy atom. The maximum absolute atomic E-state index is 14.2. The number of carbonyl (C=O) groups is 1. The van der Waals surface area contributed by atoms with Gasteiger partial charge in [-0.3, -0.25) is 9.36 Å². The van der Waals surface area contributed by atoms with Crippen molar-refractivity contribution in [1.29, 1.82) is 0 Å². The van der Waals surface area contributed by atoms with Crippen molar-refractivity contribution in [2.24, 2.45) is 4.99 Å². The van der Waals surface area contributed by atoms with Gasteiger partial charge < -0.3 is 23.7 Å². The topological polar surface area (TPSA) is 97.6 Å². The highest BCUT2D eigenvalue weighted by Crippen LogP contribution is 2.39. The van der Waals surface area contributed by atoms with Crippen molar-refractivity contribution in [3.8, 4) is 35.3 Å². The number of esters is 1. The minimum Gasteiger partial charge on any atom is -0.493 e. The zero-order valence-electron chi connectivity index (χ0n) is 25.0. The molecule has 0 aliphatic carbocycles. The predicted octanol–water partition coefficient (Wildman–Crippen LogP) is 4.63. The normalized spacial score (nSPS) is 14.2. The molecule has 3 aromatic carbocycles. The molecule has 1 atom stereocenters. The summed E-state index contributed by atoms with van der Waals surface area (Å²) in [6.45, 7) is 1.87. The second-order valence-corrected chi connectivity index (χ2v) is 11.0. The highest BCUT2D eigenvalue weighted by molar-refractivity contribution is 7.07. The summed E-state index contributed by atoms with van der Waals surface area (Å²) in [4.78, 5) is 33.2. The van der Waals surface area contributed by atoms with Crippen LogP contribution in [0.1, 0.15) is 29.7 Å². The van der Waals surface area contributed by atoms with Crippen LogP contribution in [0.5, 0.6) is 23.0 Å². The van der Waals surface area contributed by atoms with E-state index in [1.165, 1.54) is 37.2 Å². The summed E-state index contributed by atoms with van der Waals surface area (Å²) in [6, 6.07) is 17.0. The van der Waals surface area contributed by atoms with E-state index in [0.29, 0.717) is 54.7 Å². The molecule has 4 aromatic rings. The lowest BCUT2D eigenvalue weighted by atomic mass is 9.93. The van der Waals surface area contributed by atoms with Crippen molar-refractivity contribution in [1.82, 2.24) is 4.57 Å². The van der Waals surface area contributed by atoms with Gasteiger partial charge in [-0.1, -0.05) is 65.3 Å². The number of terminal acetylenes is 1. The Labute approximate surface area is 268 Å². The molecule has 0 fully saturated rings. The molecule has 0 radical (unpaired) electrons. The van der Waals surface area contributed by atoms with Gasteiger partial charge in [0.05, 0.1) is 54.8 Å². The summed E-state index contributed by atoms with van der Waals surface area (Å²) in [6.07, 6.45) is 7.02. The standard InChI is InChI=1S/C34H29ClN2O7S/c1-6-15-44-31-23(35)16-20(17-26(31)42-5)18-27-32(38)37-30(22-13-14-24(40-3)25(19-22)41-4)28(33(39)43-7-2)29(36-34(37)45-27)21-11-9-8-10-12-21/h1,8-14,16-19,30H,7,15H2,2-5H3/b27-18-/t30-/m1/s1. The molecule has 230 valence electrons. The van der Waals surface area contributed by atoms with Crippen LogP contribution in [-0.4, -0.2) is 45.1 Å². The van der Waals surface area contributed by atoms with Crippen molar-refractivity contribution in [3.63, 3.8) is 0 Å². The first kappa shape index (κ1) is 31.4. The average Bonchev–Trinajstić information content (AvgIpc) is 3.37. The van der Waals surface area contributed by atoms with Gasteiger partial charge in [0, 0.05) is 5.56 Å². The minimum atomic E-state index is -0.893. The number of aromatic nitrogens is 1. The molecule has 2 heterocycles. The van der Waals surface area contributed by atoms with Crippen LogP contribution in [0.3, 0.4) is 0 Å². The van der Waals surface area contributed by atoms with Crippen molar-refractivity contribution in [2.45, 2.75) is 13.0 Å². The Morgan fingerprint density at radius 3 is 2.44 bits per heavy atom. The molecule has 45 heavy (non-hydrogen) atoms. The molecule has 1 aromatic heterocycles. The molecule has 0 spiro atoms. The second kappa shape index (κ2) is 13.8. The third-order valence-corrected chi connectivity index (χ3v) is 8.21. The summed E-state index contributed by atoms with van der Waals surface area (Å²) in [5.74, 6) is 3.41. The van der Waals surface area contributed by atoms with Crippen molar-refractivity contribution < 1.29 is 28.5 Å². The number of fused-ring (bicyclic) bond motifs is 1. The van der Waals surface area contributed by atoms with Gasteiger partial charge in [-0.2, -0.15) is 0 Å². The number of hydrogen-bond acceptors (Lipinski definition) is 9. The molecule has 11 heteroatoms. The first-order valence-electron chi connectivity index (χ1n) is 13.8. The van der Waals surface area contributed by atoms with E-state index < -0.39 is 12.0 Å². The van der Waals surface area contributed by atoms with Gasteiger partial charge >= 0.3 is 5.97 Å². The maximum atomic E-state index is 14.2. The highest BCUT2D eigenvalue weighted by Gasteiger charge is 2.35. The van der Waals surface area contributed by atoms with Crippen LogP contribution in [0.2, 0.25) is 5.02 Å². The number of hydrogen-bond donors (Lipinski definition) is 0. The molecule has 0 saturated heterocycles. The number of carbonyl (C=O) groups excluding carboxylic acids is 1. The minimum absolute atomic E-state index is 0.0106. The molecule has 0 bridgehead atoms. The zero-order valence-corrected chi connectivity index (χ0v) is 26.5. The fourth-order valence-electron chi connectivity index (χ4n) is 5.01. The number of rotatable bonds is 10. The third-order valence-electron chi connectivity index (χ3n) is 6.95. The van der Waals surface area contributed by atoms with E-state index in [4.69, 9.17) is 46.7 Å². The van der Waals surface area contributed by atoms with Crippen molar-refractivity contribution in [2.75, 3.05) is 34.5 Å². The van der Waals surface area contributed by atoms with Crippen LogP contribution in [-0.2, 0) is 9.53 Å². The van der Waals surface area contributed by atoms with Gasteiger partial charge in [-0.25, -0.2) is 9.79 Å². The molecule has 0 unspecified atom stereocenters. The average molecular weight is 645 g/mol. The summed E-state index contributed by atoms with van der Waals surface area (Å²) in [5.41, 5.74) is 2.14. The van der Waals surface area contributed by atoms with Crippen LogP contribution < -0.4 is 33.8 Å². The van der Waals surface area contributed by atoms with E-state index in [0.717, 1.165) is 0 Å². The smallest absolute Gasteiger partial charge is 0.338 e. The third kappa shape index (κ3) is 6.18. The molecular formula is C34H29ClN2O7S. The van der Waals surface area contributed by atoms with Crippen molar-refractivity contribution in [3.05, 3.63) is 108 Å². The quantitative estimate of drug-likeness (QED) is 0.184. The van der Waals surface area contributed by atoms with Gasteiger partial charge in [0.2, 0.25) is 0 Å². The van der Waals surface area contributed by atoms with Gasteiger partial charge in [-0.05, 0) is 48.4 Å². The first-order chi connectivity index (χ1) is 21.8. The Hall–Kier alpha value is -4.98. The number of ether oxygens (including phenoxy) is 5. The van der Waals surface area contributed by atoms with E-state index >= 15 is 0 Å². The molecule has 0 amide bonds. The van der Waals surface area contributed by atoms with Gasteiger partial charge in [0.1, 0.15) is 6.61 Å². The number of methoxy groups -OCH3 is 3. The Balaban J connectivity index is 1.80. The van der Waals surface area contributed by atoms with Crippen molar-refractivity contribution >= 4 is 40.7 Å². The second-order valence-electron chi connectivity index (χ2n) is 9.57. The van der Waals surface area contributed by atoms with Gasteiger partial charge in [-0.15, -0.1) is 6.42 Å². The molecular weight excluding hydrogens is 616 g/mol. The Morgan fingerprint density at radius 1 is 1.04 bits per heavy atom. The predicted molar refractivity (Wildman–Crippen MR) is 173 cm³/mol. The van der Waals surface area contributed by atoms with Crippen LogP contribution in [0.25, 0.3) is 11.8 Å². The lowest BCUT2D eigenvalue weighted by Crippen LogP contribution is -2.40. The summed E-state index contributed by atoms with van der Waals surface area (Å²) >= 11 is 7.69. The monoisotopic (exact) mass is 644 g/mol. The SMILES string of the molecule is C#CCOc1c(Cl)cc(/C=c2\sc3n(c2=O)[C@H](c2ccc(OC)c(OC)c2)C(C(=O)OCC)=C(c2ccccc2)N=3)cc1OC. The van der Waals surface area contributed by atoms with Crippen LogP contribution in [0.15, 0.2) is 76.0 Å². The molecule has 9 nitrogen and oxygen atoms in total. The highest BCUT2D eigenvalue weighted by atomic mass is 35.5. The van der Waals surface area contributed by atoms with E-state index in [1.54, 1.807) is 43.3 Å². The summed E-state index contributed by atoms with van der Waals surface area (Å²) in [7, 11) is 4.54. The fourth-order valence-corrected chi connectivity index (χ4v) is 6.28. The fraction of sp³-hybridized carbons (Fsp3) is 0.206. The van der Waals surface area contributed by atoms with E-state index in [-0.39, 0.29) is 29.4 Å². The number of thiazole rings is 1. The zero-order chi connectivity index (χ0) is 32.1. The molecule has 0 saturated carbocycles. The molecule has 0 N–H and O–H groups in total. The summed E-state index contributed by atoms with van der Waals surface area (Å²) < 4.78 is 29.4. The van der Waals surface area contributed by atoms with Gasteiger partial charge in [0.15, 0.2) is 27.8 Å². The molecule has 1 aliphatic heterocycles. The Kier molecular flexibility index (Phi) is 9.62. The van der Waals surface area contributed by atoms with Crippen LogP contribution >= 0.6 is 22.9 Å². The summed E-state index contributed by atoms with van der Waals surface area (Å²) in [5, 5.41) is 0.266. The first-order valence-corrected chi connectivity index (χ1v) is 15.0. The van der Waals surface area contributed by atoms with E-state index in [9.17, 15) is 9.59 Å². The number of nitrogens with zero attached hydrogens (tertiary/aromatic N) is 2. The molecule has 1 aliphatic rings. The molecule has 5 rings (SSSR count). The number of benzene rings is 3. The lowest BCUT2D eigenvalue weighted by Gasteiger charge is -2.26. The maximum Gasteiger partial charge on any atom is 0.338 e. The lowest BCUT2D eigenvalue weighted by molar-refractivity contribution is -0.138. The Bertz CT molecular complexity index is 2010.